The number of aliphatic hydroxyl groups excluding tert-OH is 1. The zero-order valence-electron chi connectivity index (χ0n) is 15.3. The second kappa shape index (κ2) is 9.01. The Hall–Kier alpha value is -2.38. The van der Waals surface area contributed by atoms with Crippen LogP contribution in [0, 0.1) is 0 Å². The van der Waals surface area contributed by atoms with E-state index < -0.39 is 6.10 Å². The predicted molar refractivity (Wildman–Crippen MR) is 105 cm³/mol. The summed E-state index contributed by atoms with van der Waals surface area (Å²) in [5.74, 6) is 0.828. The van der Waals surface area contributed by atoms with E-state index in [9.17, 15) is 9.90 Å². The van der Waals surface area contributed by atoms with E-state index in [1.54, 1.807) is 42.4 Å². The van der Waals surface area contributed by atoms with Gasteiger partial charge in [0.15, 0.2) is 5.82 Å². The summed E-state index contributed by atoms with van der Waals surface area (Å²) in [6.07, 6.45) is 2.78. The monoisotopic (exact) mass is 389 g/mol. The van der Waals surface area contributed by atoms with Crippen LogP contribution in [0.2, 0.25) is 5.02 Å². The summed E-state index contributed by atoms with van der Waals surface area (Å²) in [5.41, 5.74) is 0.717. The highest BCUT2D eigenvalue weighted by atomic mass is 35.5. The summed E-state index contributed by atoms with van der Waals surface area (Å²) in [5, 5.41) is 21.7. The third-order valence-corrected chi connectivity index (χ3v) is 5.10. The summed E-state index contributed by atoms with van der Waals surface area (Å²) in [6.45, 7) is 1.76. The maximum atomic E-state index is 12.5. The number of hydrogen-bond acceptors (Lipinski definition) is 5. The Bertz CT molecular complexity index is 744. The van der Waals surface area contributed by atoms with Gasteiger partial charge in [-0.15, -0.1) is 5.10 Å². The lowest BCUT2D eigenvalue weighted by Crippen LogP contribution is -2.52. The van der Waals surface area contributed by atoms with E-state index >= 15 is 0 Å². The van der Waals surface area contributed by atoms with Crippen LogP contribution in [0.1, 0.15) is 24.5 Å². The van der Waals surface area contributed by atoms with Gasteiger partial charge in [-0.3, -0.25) is 0 Å². The summed E-state index contributed by atoms with van der Waals surface area (Å²) < 4.78 is 0. The number of aliphatic hydroxyl groups is 1. The summed E-state index contributed by atoms with van der Waals surface area (Å²) in [7, 11) is 1.79. The number of nitrogens with zero attached hydrogens (tertiary/aromatic N) is 4. The molecule has 2 N–H and O–H groups in total. The van der Waals surface area contributed by atoms with Crippen molar-refractivity contribution in [1.82, 2.24) is 20.4 Å². The molecule has 1 aliphatic rings. The van der Waals surface area contributed by atoms with Crippen molar-refractivity contribution in [1.29, 1.82) is 0 Å². The molecule has 1 aromatic carbocycles. The number of carbonyl (C=O) groups is 1. The quantitative estimate of drug-likeness (QED) is 0.821. The van der Waals surface area contributed by atoms with Crippen molar-refractivity contribution < 1.29 is 9.90 Å². The zero-order valence-corrected chi connectivity index (χ0v) is 16.0. The molecule has 0 bridgehead atoms. The summed E-state index contributed by atoms with van der Waals surface area (Å²) in [4.78, 5) is 16.4. The fourth-order valence-corrected chi connectivity index (χ4v) is 3.34. The van der Waals surface area contributed by atoms with Crippen LogP contribution in [-0.4, -0.2) is 59.0 Å². The molecule has 1 fully saturated rings. The number of urea groups is 1. The van der Waals surface area contributed by atoms with Crippen molar-refractivity contribution in [2.24, 2.45) is 0 Å². The number of carbonyl (C=O) groups excluding carboxylic acids is 1. The first-order valence-corrected chi connectivity index (χ1v) is 9.39. The molecule has 2 atom stereocenters. The number of benzene rings is 1. The van der Waals surface area contributed by atoms with Crippen LogP contribution < -0.4 is 10.2 Å². The zero-order chi connectivity index (χ0) is 19.2. The molecule has 2 amide bonds. The van der Waals surface area contributed by atoms with Crippen molar-refractivity contribution in [3.8, 4) is 0 Å². The fraction of sp³-hybridized carbons (Fsp3) is 0.421. The normalized spacial score (nSPS) is 18.0. The third kappa shape index (κ3) is 5.08. The maximum Gasteiger partial charge on any atom is 0.317 e. The first kappa shape index (κ1) is 19.4. The number of amides is 2. The van der Waals surface area contributed by atoms with Crippen LogP contribution >= 0.6 is 11.6 Å². The first-order chi connectivity index (χ1) is 13.0. The molecule has 3 rings (SSSR count). The van der Waals surface area contributed by atoms with Crippen LogP contribution in [0.25, 0.3) is 0 Å². The molecular weight excluding hydrogens is 366 g/mol. The average molecular weight is 390 g/mol. The molecule has 1 saturated heterocycles. The van der Waals surface area contributed by atoms with Gasteiger partial charge in [-0.05, 0) is 42.7 Å². The average Bonchev–Trinajstić information content (AvgIpc) is 2.72. The van der Waals surface area contributed by atoms with Gasteiger partial charge in [0.2, 0.25) is 0 Å². The van der Waals surface area contributed by atoms with Gasteiger partial charge in [0.05, 0.1) is 12.1 Å². The second-order valence-electron chi connectivity index (χ2n) is 6.69. The fourth-order valence-electron chi connectivity index (χ4n) is 3.22. The lowest BCUT2D eigenvalue weighted by atomic mass is 10.0. The minimum absolute atomic E-state index is 0.0773. The van der Waals surface area contributed by atoms with Gasteiger partial charge in [-0.25, -0.2) is 4.79 Å². The highest BCUT2D eigenvalue weighted by molar-refractivity contribution is 6.30. The number of aromatic nitrogens is 2. The number of likely N-dealkylation sites (N-methyl/N-ethyl adjacent to an activating group) is 1. The number of piperidine rings is 1. The Morgan fingerprint density at radius 1 is 1.41 bits per heavy atom. The second-order valence-corrected chi connectivity index (χ2v) is 7.12. The lowest BCUT2D eigenvalue weighted by Gasteiger charge is -2.38. The van der Waals surface area contributed by atoms with Crippen molar-refractivity contribution in [2.75, 3.05) is 31.6 Å². The molecule has 0 radical (unpaired) electrons. The topological polar surface area (TPSA) is 81.6 Å². The Labute approximate surface area is 164 Å². The van der Waals surface area contributed by atoms with E-state index in [1.807, 2.05) is 12.1 Å². The van der Waals surface area contributed by atoms with E-state index in [2.05, 4.69) is 20.4 Å². The van der Waals surface area contributed by atoms with Gasteiger partial charge < -0.3 is 20.2 Å². The highest BCUT2D eigenvalue weighted by Gasteiger charge is 2.27. The van der Waals surface area contributed by atoms with E-state index in [-0.39, 0.29) is 18.6 Å². The molecule has 0 saturated carbocycles. The van der Waals surface area contributed by atoms with Crippen LogP contribution in [0.5, 0.6) is 0 Å². The summed E-state index contributed by atoms with van der Waals surface area (Å²) >= 11 is 5.86. The third-order valence-electron chi connectivity index (χ3n) is 4.85. The largest absolute Gasteiger partial charge is 0.387 e. The van der Waals surface area contributed by atoms with Gasteiger partial charge in [0, 0.05) is 37.9 Å². The number of hydrogen-bond donors (Lipinski definition) is 2. The van der Waals surface area contributed by atoms with Crippen LogP contribution in [0.15, 0.2) is 42.6 Å². The number of anilines is 1. The Balaban J connectivity index is 1.52. The van der Waals surface area contributed by atoms with Crippen LogP contribution in [-0.2, 0) is 0 Å². The highest BCUT2D eigenvalue weighted by Crippen LogP contribution is 2.20. The van der Waals surface area contributed by atoms with E-state index in [0.717, 1.165) is 25.2 Å². The predicted octanol–water partition coefficient (Wildman–Crippen LogP) is 2.47. The Morgan fingerprint density at radius 3 is 2.89 bits per heavy atom. The van der Waals surface area contributed by atoms with Gasteiger partial charge in [-0.1, -0.05) is 23.7 Å². The Morgan fingerprint density at radius 2 is 2.19 bits per heavy atom. The first-order valence-electron chi connectivity index (χ1n) is 9.01. The number of nitrogens with one attached hydrogen (secondary N) is 1. The molecule has 144 valence electrons. The van der Waals surface area contributed by atoms with Gasteiger partial charge >= 0.3 is 6.03 Å². The van der Waals surface area contributed by atoms with Crippen LogP contribution in [0.4, 0.5) is 10.6 Å². The maximum absolute atomic E-state index is 12.5. The Kier molecular flexibility index (Phi) is 6.47. The molecule has 0 spiro atoms. The molecule has 27 heavy (non-hydrogen) atoms. The standard InChI is InChI=1S/C19H24ClN5O2/c1-24(16-4-3-11-25(13-16)18-5-2-10-22-23-18)19(27)21-12-17(26)14-6-8-15(20)9-7-14/h2,5-10,16-17,26H,3-4,11-13H2,1H3,(H,21,27)/t16-,17?/m1/s1. The van der Waals surface area contributed by atoms with Crippen molar-refractivity contribution in [3.63, 3.8) is 0 Å². The minimum Gasteiger partial charge on any atom is -0.387 e. The molecule has 7 nitrogen and oxygen atoms in total. The molecule has 1 aliphatic heterocycles. The number of halogens is 1. The van der Waals surface area contributed by atoms with Crippen LogP contribution in [0.3, 0.4) is 0 Å². The van der Waals surface area contributed by atoms with Gasteiger partial charge in [0.25, 0.3) is 0 Å². The molecule has 2 heterocycles. The van der Waals surface area contributed by atoms with E-state index in [4.69, 9.17) is 11.6 Å². The van der Waals surface area contributed by atoms with Gasteiger partial charge in [0.1, 0.15) is 0 Å². The molecule has 1 aromatic heterocycles. The van der Waals surface area contributed by atoms with E-state index in [1.165, 1.54) is 0 Å². The number of rotatable bonds is 5. The van der Waals surface area contributed by atoms with Crippen molar-refractivity contribution >= 4 is 23.4 Å². The SMILES string of the molecule is CN(C(=O)NCC(O)c1ccc(Cl)cc1)[C@@H]1CCCN(c2cccnn2)C1. The lowest BCUT2D eigenvalue weighted by molar-refractivity contribution is 0.156. The minimum atomic E-state index is -0.776. The molecule has 1 unspecified atom stereocenters. The molecule has 0 aliphatic carbocycles. The molecule has 8 heteroatoms. The van der Waals surface area contributed by atoms with Crippen molar-refractivity contribution in [3.05, 3.63) is 53.2 Å². The van der Waals surface area contributed by atoms with E-state index in [0.29, 0.717) is 17.1 Å². The van der Waals surface area contributed by atoms with Crippen molar-refractivity contribution in [2.45, 2.75) is 25.0 Å². The smallest absolute Gasteiger partial charge is 0.317 e. The summed E-state index contributed by atoms with van der Waals surface area (Å²) in [6, 6.07) is 10.6. The molecular formula is C19H24ClN5O2. The van der Waals surface area contributed by atoms with Gasteiger partial charge in [-0.2, -0.15) is 5.10 Å². The molecule has 2 aromatic rings.